The predicted octanol–water partition coefficient (Wildman–Crippen LogP) is 3.08. The van der Waals surface area contributed by atoms with E-state index in [1.807, 2.05) is 20.8 Å². The molecule has 0 aliphatic carbocycles. The van der Waals surface area contributed by atoms with Crippen LogP contribution in [0.5, 0.6) is 5.75 Å². The number of hydrogen-bond donors (Lipinski definition) is 3. The third-order valence-corrected chi connectivity index (χ3v) is 4.93. The summed E-state index contributed by atoms with van der Waals surface area (Å²) >= 11 is 1.22. The standard InChI is InChI=1S/C19H22N2O5S/c1-4-14-11(3)27-18(16(14)19(24)25)21-15(22)10-20-17(23)12-6-8-13(9-7-12)26-5-2/h6-9H,4-5,10H2,1-3H3,(H,20,23)(H,21,22)(H,24,25). The normalized spacial score (nSPS) is 10.3. The van der Waals surface area contributed by atoms with E-state index in [0.29, 0.717) is 29.9 Å². The molecule has 1 aromatic heterocycles. The van der Waals surface area contributed by atoms with Gasteiger partial charge < -0.3 is 20.5 Å². The third-order valence-electron chi connectivity index (χ3n) is 3.87. The minimum Gasteiger partial charge on any atom is -0.494 e. The van der Waals surface area contributed by atoms with Crippen molar-refractivity contribution in [3.05, 3.63) is 45.8 Å². The van der Waals surface area contributed by atoms with Gasteiger partial charge in [-0.25, -0.2) is 4.79 Å². The molecule has 0 atom stereocenters. The molecular formula is C19H22N2O5S. The van der Waals surface area contributed by atoms with E-state index < -0.39 is 17.8 Å². The van der Waals surface area contributed by atoms with Gasteiger partial charge in [-0.15, -0.1) is 11.3 Å². The van der Waals surface area contributed by atoms with E-state index in [9.17, 15) is 19.5 Å². The lowest BCUT2D eigenvalue weighted by Crippen LogP contribution is -2.32. The van der Waals surface area contributed by atoms with Crippen molar-refractivity contribution in [2.45, 2.75) is 27.2 Å². The number of ether oxygens (including phenoxy) is 1. The summed E-state index contributed by atoms with van der Waals surface area (Å²) in [5.41, 5.74) is 1.23. The third kappa shape index (κ3) is 5.07. The molecule has 0 fully saturated rings. The Bertz CT molecular complexity index is 843. The Kier molecular flexibility index (Phi) is 6.95. The Morgan fingerprint density at radius 3 is 2.37 bits per heavy atom. The Hall–Kier alpha value is -2.87. The van der Waals surface area contributed by atoms with Crippen molar-refractivity contribution < 1.29 is 24.2 Å². The number of aryl methyl sites for hydroxylation is 1. The molecule has 0 aliphatic rings. The van der Waals surface area contributed by atoms with Crippen LogP contribution in [0.15, 0.2) is 24.3 Å². The molecule has 1 aromatic carbocycles. The summed E-state index contributed by atoms with van der Waals surface area (Å²) in [4.78, 5) is 36.6. The summed E-state index contributed by atoms with van der Waals surface area (Å²) in [6.45, 7) is 5.83. The van der Waals surface area contributed by atoms with Gasteiger partial charge in [0.05, 0.1) is 18.7 Å². The van der Waals surface area contributed by atoms with Gasteiger partial charge in [0, 0.05) is 10.4 Å². The Balaban J connectivity index is 1.98. The molecule has 7 nitrogen and oxygen atoms in total. The van der Waals surface area contributed by atoms with Crippen LogP contribution in [0.1, 0.15) is 45.0 Å². The number of nitrogens with one attached hydrogen (secondary N) is 2. The first-order valence-corrected chi connectivity index (χ1v) is 9.35. The van der Waals surface area contributed by atoms with Gasteiger partial charge >= 0.3 is 5.97 Å². The first-order chi connectivity index (χ1) is 12.9. The fourth-order valence-corrected chi connectivity index (χ4v) is 3.77. The van der Waals surface area contributed by atoms with Crippen LogP contribution in [-0.2, 0) is 11.2 Å². The molecule has 0 unspecified atom stereocenters. The maximum absolute atomic E-state index is 12.1. The highest BCUT2D eigenvalue weighted by atomic mass is 32.1. The first kappa shape index (κ1) is 20.4. The van der Waals surface area contributed by atoms with Gasteiger partial charge in [0.1, 0.15) is 10.8 Å². The van der Waals surface area contributed by atoms with Crippen LogP contribution in [0, 0.1) is 6.92 Å². The van der Waals surface area contributed by atoms with Gasteiger partial charge in [0.2, 0.25) is 5.91 Å². The van der Waals surface area contributed by atoms with Crippen molar-refractivity contribution in [2.75, 3.05) is 18.5 Å². The Labute approximate surface area is 161 Å². The summed E-state index contributed by atoms with van der Waals surface area (Å²) in [5, 5.41) is 14.8. The van der Waals surface area contributed by atoms with Gasteiger partial charge in [0.25, 0.3) is 5.91 Å². The number of hydrogen-bond acceptors (Lipinski definition) is 5. The number of carboxylic acid groups (broad SMARTS) is 1. The van der Waals surface area contributed by atoms with E-state index in [0.717, 1.165) is 4.88 Å². The highest BCUT2D eigenvalue weighted by Gasteiger charge is 2.22. The predicted molar refractivity (Wildman–Crippen MR) is 104 cm³/mol. The molecule has 0 bridgehead atoms. The van der Waals surface area contributed by atoms with Crippen molar-refractivity contribution in [2.24, 2.45) is 0 Å². The van der Waals surface area contributed by atoms with Crippen molar-refractivity contribution in [1.29, 1.82) is 0 Å². The smallest absolute Gasteiger partial charge is 0.339 e. The molecule has 8 heteroatoms. The Morgan fingerprint density at radius 2 is 1.81 bits per heavy atom. The lowest BCUT2D eigenvalue weighted by Gasteiger charge is -2.08. The number of carbonyl (C=O) groups excluding carboxylic acids is 2. The number of aromatic carboxylic acids is 1. The topological polar surface area (TPSA) is 105 Å². The minimum absolute atomic E-state index is 0.117. The quantitative estimate of drug-likeness (QED) is 0.642. The van der Waals surface area contributed by atoms with E-state index >= 15 is 0 Å². The molecule has 0 spiro atoms. The zero-order chi connectivity index (χ0) is 20.0. The number of carbonyl (C=O) groups is 3. The van der Waals surface area contributed by atoms with Crippen LogP contribution in [0.2, 0.25) is 0 Å². The van der Waals surface area contributed by atoms with Gasteiger partial charge in [-0.2, -0.15) is 0 Å². The molecule has 3 N–H and O–H groups in total. The van der Waals surface area contributed by atoms with Crippen molar-refractivity contribution >= 4 is 34.1 Å². The van der Waals surface area contributed by atoms with Gasteiger partial charge in [0.15, 0.2) is 0 Å². The van der Waals surface area contributed by atoms with E-state index in [4.69, 9.17) is 4.74 Å². The maximum Gasteiger partial charge on any atom is 0.339 e. The highest BCUT2D eigenvalue weighted by Crippen LogP contribution is 2.33. The average Bonchev–Trinajstić information content (AvgIpc) is 2.95. The van der Waals surface area contributed by atoms with Gasteiger partial charge in [-0.1, -0.05) is 6.92 Å². The van der Waals surface area contributed by atoms with E-state index in [1.54, 1.807) is 24.3 Å². The number of benzene rings is 1. The molecule has 27 heavy (non-hydrogen) atoms. The fraction of sp³-hybridized carbons (Fsp3) is 0.316. The van der Waals surface area contributed by atoms with Crippen LogP contribution in [0.3, 0.4) is 0 Å². The summed E-state index contributed by atoms with van der Waals surface area (Å²) in [5.74, 6) is -1.30. The van der Waals surface area contributed by atoms with Gasteiger partial charge in [-0.05, 0) is 50.1 Å². The van der Waals surface area contributed by atoms with Crippen molar-refractivity contribution in [3.63, 3.8) is 0 Å². The molecular weight excluding hydrogens is 368 g/mol. The average molecular weight is 390 g/mol. The number of thiophene rings is 1. The first-order valence-electron chi connectivity index (χ1n) is 8.53. The van der Waals surface area contributed by atoms with E-state index in [-0.39, 0.29) is 17.1 Å². The second kappa shape index (κ2) is 9.18. The lowest BCUT2D eigenvalue weighted by molar-refractivity contribution is -0.115. The summed E-state index contributed by atoms with van der Waals surface area (Å²) < 4.78 is 5.31. The lowest BCUT2D eigenvalue weighted by atomic mass is 10.1. The second-order valence-electron chi connectivity index (χ2n) is 5.69. The summed E-state index contributed by atoms with van der Waals surface area (Å²) in [6, 6.07) is 6.57. The number of anilines is 1. The molecule has 1 heterocycles. The van der Waals surface area contributed by atoms with Crippen molar-refractivity contribution in [3.8, 4) is 5.75 Å². The van der Waals surface area contributed by atoms with Crippen LogP contribution < -0.4 is 15.4 Å². The molecule has 0 saturated carbocycles. The van der Waals surface area contributed by atoms with E-state index in [1.165, 1.54) is 11.3 Å². The number of rotatable bonds is 8. The largest absolute Gasteiger partial charge is 0.494 e. The van der Waals surface area contributed by atoms with Crippen LogP contribution in [-0.4, -0.2) is 36.0 Å². The number of carboxylic acids is 1. The van der Waals surface area contributed by atoms with Gasteiger partial charge in [-0.3, -0.25) is 9.59 Å². The molecule has 0 aliphatic heterocycles. The van der Waals surface area contributed by atoms with Crippen LogP contribution >= 0.6 is 11.3 Å². The zero-order valence-corrected chi connectivity index (χ0v) is 16.2. The summed E-state index contributed by atoms with van der Waals surface area (Å²) in [6.07, 6.45) is 0.564. The highest BCUT2D eigenvalue weighted by molar-refractivity contribution is 7.16. The SMILES string of the molecule is CCOc1ccc(C(=O)NCC(=O)Nc2sc(C)c(CC)c2C(=O)O)cc1. The van der Waals surface area contributed by atoms with Crippen molar-refractivity contribution in [1.82, 2.24) is 5.32 Å². The minimum atomic E-state index is -1.08. The van der Waals surface area contributed by atoms with Crippen LogP contribution in [0.25, 0.3) is 0 Å². The fourth-order valence-electron chi connectivity index (χ4n) is 2.62. The Morgan fingerprint density at radius 1 is 1.15 bits per heavy atom. The molecule has 0 saturated heterocycles. The monoisotopic (exact) mass is 390 g/mol. The number of amides is 2. The zero-order valence-electron chi connectivity index (χ0n) is 15.4. The molecule has 2 rings (SSSR count). The summed E-state index contributed by atoms with van der Waals surface area (Å²) in [7, 11) is 0. The molecule has 2 amide bonds. The maximum atomic E-state index is 12.1. The van der Waals surface area contributed by atoms with E-state index in [2.05, 4.69) is 10.6 Å². The molecule has 2 aromatic rings. The van der Waals surface area contributed by atoms with Crippen LogP contribution in [0.4, 0.5) is 5.00 Å². The second-order valence-corrected chi connectivity index (χ2v) is 6.91. The molecule has 144 valence electrons. The molecule has 0 radical (unpaired) electrons.